The monoisotopic (exact) mass is 877 g/mol. The molecule has 0 N–H and O–H groups in total. The van der Waals surface area contributed by atoms with E-state index in [2.05, 4.69) is 290 Å². The summed E-state index contributed by atoms with van der Waals surface area (Å²) in [6, 6.07) is 104. The first kappa shape index (κ1) is 41.4. The predicted molar refractivity (Wildman–Crippen MR) is 294 cm³/mol. The molecule has 0 aliphatic heterocycles. The predicted octanol–water partition coefficient (Wildman–Crippen LogP) is 19.1. The maximum absolute atomic E-state index is 2.41. The lowest BCUT2D eigenvalue weighted by Gasteiger charge is -2.27. The number of hydrogen-bond acceptors (Lipinski definition) is 1. The van der Waals surface area contributed by atoms with Crippen molar-refractivity contribution in [2.45, 2.75) is 0 Å². The van der Waals surface area contributed by atoms with Gasteiger partial charge in [-0.2, -0.15) is 0 Å². The van der Waals surface area contributed by atoms with Gasteiger partial charge < -0.3 is 4.90 Å². The van der Waals surface area contributed by atoms with Crippen LogP contribution in [0.1, 0.15) is 0 Å². The van der Waals surface area contributed by atoms with Gasteiger partial charge in [0, 0.05) is 17.1 Å². The first-order chi connectivity index (χ1) is 34.2. The van der Waals surface area contributed by atoms with Gasteiger partial charge in [-0.15, -0.1) is 0 Å². The number of rotatable bonds is 10. The van der Waals surface area contributed by atoms with Crippen LogP contribution >= 0.6 is 0 Å². The number of fused-ring (bicyclic) bond motifs is 3. The van der Waals surface area contributed by atoms with Crippen molar-refractivity contribution in [2.24, 2.45) is 0 Å². The summed E-state index contributed by atoms with van der Waals surface area (Å²) in [7, 11) is 0. The summed E-state index contributed by atoms with van der Waals surface area (Å²) in [5, 5.41) is 4.92. The van der Waals surface area contributed by atoms with E-state index in [1.54, 1.807) is 0 Å². The minimum Gasteiger partial charge on any atom is -0.310 e. The lowest BCUT2D eigenvalue weighted by molar-refractivity contribution is 1.29. The van der Waals surface area contributed by atoms with Crippen molar-refractivity contribution in [3.63, 3.8) is 0 Å². The van der Waals surface area contributed by atoms with Crippen LogP contribution in [0.5, 0.6) is 0 Å². The van der Waals surface area contributed by atoms with Crippen LogP contribution in [0, 0.1) is 0 Å². The molecule has 1 heteroatoms. The zero-order valence-corrected chi connectivity index (χ0v) is 38.1. The zero-order chi connectivity index (χ0) is 45.9. The summed E-state index contributed by atoms with van der Waals surface area (Å²) in [6.07, 6.45) is 0. The van der Waals surface area contributed by atoms with Crippen molar-refractivity contribution in [3.8, 4) is 77.9 Å². The van der Waals surface area contributed by atoms with E-state index in [9.17, 15) is 0 Å². The fraction of sp³-hybridized carbons (Fsp3) is 0. The van der Waals surface area contributed by atoms with E-state index in [0.717, 1.165) is 22.6 Å². The second-order valence-electron chi connectivity index (χ2n) is 17.6. The van der Waals surface area contributed by atoms with Crippen molar-refractivity contribution in [3.05, 3.63) is 285 Å². The third-order valence-corrected chi connectivity index (χ3v) is 13.5. The zero-order valence-electron chi connectivity index (χ0n) is 38.1. The third kappa shape index (κ3) is 8.07. The highest BCUT2D eigenvalue weighted by Gasteiger charge is 2.21. The molecule has 0 heterocycles. The lowest BCUT2D eigenvalue weighted by atomic mass is 9.85. The number of anilines is 3. The van der Waals surface area contributed by atoms with Gasteiger partial charge in [0.05, 0.1) is 0 Å². The van der Waals surface area contributed by atoms with Crippen LogP contribution in [0.2, 0.25) is 0 Å². The second-order valence-corrected chi connectivity index (χ2v) is 17.6. The van der Waals surface area contributed by atoms with E-state index in [1.807, 2.05) is 0 Å². The first-order valence-electron chi connectivity index (χ1n) is 23.7. The Morgan fingerprint density at radius 1 is 0.174 bits per heavy atom. The molecule has 69 heavy (non-hydrogen) atoms. The van der Waals surface area contributed by atoms with Crippen molar-refractivity contribution in [1.82, 2.24) is 0 Å². The Morgan fingerprint density at radius 3 is 1.01 bits per heavy atom. The average molecular weight is 878 g/mol. The molecular formula is C68H47N. The Balaban J connectivity index is 1.01. The Labute approximate surface area is 404 Å². The normalized spacial score (nSPS) is 11.2. The van der Waals surface area contributed by atoms with Crippen LogP contribution in [0.3, 0.4) is 0 Å². The molecule has 12 aromatic carbocycles. The van der Waals surface area contributed by atoms with Crippen LogP contribution in [0.4, 0.5) is 17.1 Å². The van der Waals surface area contributed by atoms with Crippen molar-refractivity contribution in [2.75, 3.05) is 4.90 Å². The topological polar surface area (TPSA) is 3.24 Å². The van der Waals surface area contributed by atoms with E-state index in [4.69, 9.17) is 0 Å². The van der Waals surface area contributed by atoms with Gasteiger partial charge >= 0.3 is 0 Å². The van der Waals surface area contributed by atoms with Gasteiger partial charge in [0.25, 0.3) is 0 Å². The molecule has 0 saturated carbocycles. The van der Waals surface area contributed by atoms with Crippen molar-refractivity contribution >= 4 is 38.6 Å². The first-order valence-corrected chi connectivity index (χ1v) is 23.7. The Kier molecular flexibility index (Phi) is 11.0. The second kappa shape index (κ2) is 18.3. The highest BCUT2D eigenvalue weighted by molar-refractivity contribution is 6.22. The fourth-order valence-electron chi connectivity index (χ4n) is 10.1. The Bertz CT molecular complexity index is 3700. The molecule has 0 amide bonds. The van der Waals surface area contributed by atoms with Gasteiger partial charge in [-0.1, -0.05) is 243 Å². The maximum Gasteiger partial charge on any atom is 0.0468 e. The summed E-state index contributed by atoms with van der Waals surface area (Å²) in [5.74, 6) is 0. The van der Waals surface area contributed by atoms with Gasteiger partial charge in [0.2, 0.25) is 0 Å². The SMILES string of the molecule is c1ccc(-c2ccc(-c3ccc(N(c4ccc(-c5ccc(-c6ccccc6)c(-c6ccccc6)c5)cc4)c4ccc5c(c4)c(-c4ccccc4)c(-c4ccccc4)c4ccccc45)cc3)cc2)cc1. The number of nitrogens with zero attached hydrogens (tertiary/aromatic N) is 1. The van der Waals surface area contributed by atoms with Crippen molar-refractivity contribution in [1.29, 1.82) is 0 Å². The molecule has 0 aromatic heterocycles. The lowest BCUT2D eigenvalue weighted by Crippen LogP contribution is -2.10. The average Bonchev–Trinajstić information content (AvgIpc) is 3.44. The molecule has 0 atom stereocenters. The highest BCUT2D eigenvalue weighted by Crippen LogP contribution is 2.47. The third-order valence-electron chi connectivity index (χ3n) is 13.5. The molecule has 12 aromatic rings. The highest BCUT2D eigenvalue weighted by atomic mass is 15.1. The summed E-state index contributed by atoms with van der Waals surface area (Å²) in [4.78, 5) is 2.41. The van der Waals surface area contributed by atoms with E-state index < -0.39 is 0 Å². The van der Waals surface area contributed by atoms with E-state index >= 15 is 0 Å². The molecule has 324 valence electrons. The smallest absolute Gasteiger partial charge is 0.0468 e. The Morgan fingerprint density at radius 2 is 0.507 bits per heavy atom. The van der Waals surface area contributed by atoms with E-state index in [-0.39, 0.29) is 0 Å². The summed E-state index contributed by atoms with van der Waals surface area (Å²) in [5.41, 5.74) is 20.1. The molecule has 0 aliphatic rings. The molecule has 0 bridgehead atoms. The molecular weight excluding hydrogens is 831 g/mol. The molecule has 0 aliphatic carbocycles. The molecule has 0 saturated heterocycles. The van der Waals surface area contributed by atoms with Gasteiger partial charge in [0.15, 0.2) is 0 Å². The van der Waals surface area contributed by atoms with Crippen LogP contribution in [-0.4, -0.2) is 0 Å². The molecule has 0 spiro atoms. The molecule has 0 fully saturated rings. The van der Waals surface area contributed by atoms with Gasteiger partial charge in [-0.25, -0.2) is 0 Å². The standard InChI is InChI=1S/C68H47N/c1-6-18-48(19-7-1)49-30-32-50(33-31-49)51-34-39-58(40-35-51)69(59-41-36-52(37-42-59)57-38-44-61(53-20-8-2-9-21-53)65(46-57)54-22-10-3-11-23-54)60-43-45-63-62-28-16-17-29-64(62)67(55-24-12-4-13-25-55)68(66(63)47-60)56-26-14-5-15-27-56/h1-47H. The number of benzene rings is 12. The molecule has 12 rings (SSSR count). The van der Waals surface area contributed by atoms with Gasteiger partial charge in [-0.05, 0) is 142 Å². The van der Waals surface area contributed by atoms with E-state index in [0.29, 0.717) is 0 Å². The minimum atomic E-state index is 1.08. The van der Waals surface area contributed by atoms with Crippen LogP contribution in [-0.2, 0) is 0 Å². The molecule has 0 unspecified atom stereocenters. The van der Waals surface area contributed by atoms with Gasteiger partial charge in [0.1, 0.15) is 0 Å². The largest absolute Gasteiger partial charge is 0.310 e. The van der Waals surface area contributed by atoms with Crippen molar-refractivity contribution < 1.29 is 0 Å². The summed E-state index contributed by atoms with van der Waals surface area (Å²) >= 11 is 0. The quantitative estimate of drug-likeness (QED) is 0.124. The minimum absolute atomic E-state index is 1.08. The number of hydrogen-bond donors (Lipinski definition) is 0. The fourth-order valence-corrected chi connectivity index (χ4v) is 10.1. The maximum atomic E-state index is 2.41. The van der Waals surface area contributed by atoms with Crippen LogP contribution < -0.4 is 4.90 Å². The molecule has 1 nitrogen and oxygen atoms in total. The summed E-state index contributed by atoms with van der Waals surface area (Å²) in [6.45, 7) is 0. The van der Waals surface area contributed by atoms with Crippen LogP contribution in [0.25, 0.3) is 99.4 Å². The van der Waals surface area contributed by atoms with E-state index in [1.165, 1.54) is 93.9 Å². The molecule has 0 radical (unpaired) electrons. The van der Waals surface area contributed by atoms with Crippen LogP contribution in [0.15, 0.2) is 285 Å². The Hall–Kier alpha value is -9.04. The van der Waals surface area contributed by atoms with Gasteiger partial charge in [-0.3, -0.25) is 0 Å². The summed E-state index contributed by atoms with van der Waals surface area (Å²) < 4.78 is 0.